The topological polar surface area (TPSA) is 237 Å². The molecule has 3 N–H and O–H groups in total. The Bertz CT molecular complexity index is 1340. The van der Waals surface area contributed by atoms with Crippen molar-refractivity contribution in [2.24, 2.45) is 0 Å². The normalized spacial score (nSPS) is 14.7. The zero-order valence-electron chi connectivity index (χ0n) is 41.8. The second kappa shape index (κ2) is 44.0. The molecule has 0 saturated carbocycles. The maximum atomic E-state index is 12.7. The summed E-state index contributed by atoms with van der Waals surface area (Å²) in [5.41, 5.74) is 0. The highest BCUT2D eigenvalue weighted by atomic mass is 31.2. The van der Waals surface area contributed by atoms with Gasteiger partial charge in [-0.3, -0.25) is 37.3 Å². The monoisotopic (exact) mass is 1000 g/mol. The van der Waals surface area contributed by atoms with E-state index >= 15 is 0 Å². The molecule has 0 saturated heterocycles. The van der Waals surface area contributed by atoms with Crippen LogP contribution in [-0.2, 0) is 65.4 Å². The van der Waals surface area contributed by atoms with Gasteiger partial charge in [-0.05, 0) is 19.3 Å². The van der Waals surface area contributed by atoms with Gasteiger partial charge in [0.25, 0.3) is 0 Å². The van der Waals surface area contributed by atoms with Gasteiger partial charge in [0.05, 0.1) is 26.4 Å². The van der Waals surface area contributed by atoms with Crippen molar-refractivity contribution in [2.45, 2.75) is 245 Å². The second-order valence-corrected chi connectivity index (χ2v) is 20.4. The summed E-state index contributed by atoms with van der Waals surface area (Å²) in [5, 5.41) is 10.3. The van der Waals surface area contributed by atoms with Gasteiger partial charge in [-0.15, -0.1) is 0 Å². The van der Waals surface area contributed by atoms with Crippen LogP contribution in [0.15, 0.2) is 0 Å². The molecule has 0 spiro atoms. The molecule has 0 radical (unpaired) electrons. The fourth-order valence-corrected chi connectivity index (χ4v) is 8.42. The Morgan fingerprint density at radius 3 is 0.955 bits per heavy atom. The summed E-state index contributed by atoms with van der Waals surface area (Å²) in [4.78, 5) is 69.8. The predicted octanol–water partition coefficient (Wildman–Crippen LogP) is 11.7. The number of hydrogen-bond donors (Lipinski definition) is 3. The average Bonchev–Trinajstić information content (AvgIpc) is 3.30. The van der Waals surface area contributed by atoms with Crippen LogP contribution in [0.1, 0.15) is 227 Å². The van der Waals surface area contributed by atoms with E-state index in [1.807, 2.05) is 0 Å². The third kappa shape index (κ3) is 43.8. The van der Waals surface area contributed by atoms with Crippen molar-refractivity contribution < 1.29 is 80.2 Å². The van der Waals surface area contributed by atoms with E-state index in [-0.39, 0.29) is 25.7 Å². The van der Waals surface area contributed by atoms with Gasteiger partial charge in [-0.2, -0.15) is 0 Å². The number of ether oxygens (including phenoxy) is 4. The fourth-order valence-electron chi connectivity index (χ4n) is 6.84. The van der Waals surface area contributed by atoms with Crippen LogP contribution in [0.3, 0.4) is 0 Å². The summed E-state index contributed by atoms with van der Waals surface area (Å²) in [6.45, 7) is 4.00. The molecule has 0 amide bonds. The van der Waals surface area contributed by atoms with E-state index in [2.05, 4.69) is 20.8 Å². The second-order valence-electron chi connectivity index (χ2n) is 17.5. The van der Waals surface area contributed by atoms with Gasteiger partial charge in [-0.25, -0.2) is 9.13 Å². The minimum atomic E-state index is -4.91. The van der Waals surface area contributed by atoms with Crippen molar-refractivity contribution in [1.82, 2.24) is 0 Å². The number of phosphoric acid groups is 2. The molecule has 67 heavy (non-hydrogen) atoms. The highest BCUT2D eigenvalue weighted by Crippen LogP contribution is 2.45. The smallest absolute Gasteiger partial charge is 0.462 e. The molecule has 2 unspecified atom stereocenters. The van der Waals surface area contributed by atoms with Crippen molar-refractivity contribution in [1.29, 1.82) is 0 Å². The van der Waals surface area contributed by atoms with E-state index in [0.717, 1.165) is 77.0 Å². The van der Waals surface area contributed by atoms with Crippen LogP contribution in [0.5, 0.6) is 0 Å². The van der Waals surface area contributed by atoms with Gasteiger partial charge in [0.1, 0.15) is 19.3 Å². The number of carbonyl (C=O) groups excluding carboxylic acids is 4. The fraction of sp³-hybridized carbons (Fsp3) is 0.917. The molecule has 0 aromatic heterocycles. The minimum Gasteiger partial charge on any atom is -0.462 e. The lowest BCUT2D eigenvalue weighted by molar-refractivity contribution is -0.161. The molecule has 0 aromatic rings. The zero-order chi connectivity index (χ0) is 49.9. The highest BCUT2D eigenvalue weighted by molar-refractivity contribution is 7.47. The van der Waals surface area contributed by atoms with E-state index in [1.165, 1.54) is 84.0 Å². The Labute approximate surface area is 403 Å². The molecular weight excluding hydrogens is 910 g/mol. The van der Waals surface area contributed by atoms with Crippen LogP contribution in [0.25, 0.3) is 0 Å². The largest absolute Gasteiger partial charge is 0.472 e. The molecule has 17 nitrogen and oxygen atoms in total. The summed E-state index contributed by atoms with van der Waals surface area (Å²) in [7, 11) is -9.80. The average molecular weight is 1000 g/mol. The number of aliphatic hydroxyl groups excluding tert-OH is 1. The maximum absolute atomic E-state index is 12.7. The standard InChI is InChI=1S/C48H92O17P2/c1-5-9-12-15-17-18-19-20-21-22-23-24-26-29-31-34-47(52)59-39-44(65-48(53)35-32-27-14-11-7-3)41-63-67(56,57)61-37-42(49)36-60-66(54,55)62-40-43(64-45(50)8-4)38-58-46(51)33-30-28-25-16-13-10-6-2/h42-44,49H,5-41H2,1-4H3,(H,54,55)(H,56,57)/t42-,43-,44-/m1/s1. The van der Waals surface area contributed by atoms with Crippen molar-refractivity contribution in [3.8, 4) is 0 Å². The number of aliphatic hydroxyl groups is 1. The van der Waals surface area contributed by atoms with Crippen molar-refractivity contribution in [3.63, 3.8) is 0 Å². The maximum Gasteiger partial charge on any atom is 0.472 e. The molecule has 0 rings (SSSR count). The first-order chi connectivity index (χ1) is 32.2. The van der Waals surface area contributed by atoms with Gasteiger partial charge in [0, 0.05) is 25.7 Å². The predicted molar refractivity (Wildman–Crippen MR) is 257 cm³/mol. The van der Waals surface area contributed by atoms with Gasteiger partial charge >= 0.3 is 39.5 Å². The highest BCUT2D eigenvalue weighted by Gasteiger charge is 2.30. The number of esters is 4. The first kappa shape index (κ1) is 65.1. The van der Waals surface area contributed by atoms with E-state index in [4.69, 9.17) is 37.0 Å². The number of phosphoric ester groups is 2. The van der Waals surface area contributed by atoms with Crippen LogP contribution in [0.4, 0.5) is 0 Å². The van der Waals surface area contributed by atoms with E-state index in [9.17, 15) is 43.2 Å². The first-order valence-electron chi connectivity index (χ1n) is 25.8. The lowest BCUT2D eigenvalue weighted by Gasteiger charge is -2.21. The van der Waals surface area contributed by atoms with Crippen molar-refractivity contribution in [2.75, 3.05) is 39.6 Å². The van der Waals surface area contributed by atoms with Crippen LogP contribution >= 0.6 is 15.6 Å². The Balaban J connectivity index is 4.81. The van der Waals surface area contributed by atoms with Crippen molar-refractivity contribution >= 4 is 39.5 Å². The number of unbranched alkanes of at least 4 members (excludes halogenated alkanes) is 24. The molecule has 0 aliphatic heterocycles. The van der Waals surface area contributed by atoms with Crippen LogP contribution < -0.4 is 0 Å². The zero-order valence-corrected chi connectivity index (χ0v) is 43.6. The number of hydrogen-bond acceptors (Lipinski definition) is 15. The summed E-state index contributed by atoms with van der Waals surface area (Å²) in [6.07, 6.45) is 25.7. The van der Waals surface area contributed by atoms with Gasteiger partial charge in [-0.1, -0.05) is 182 Å². The Morgan fingerprint density at radius 2 is 0.642 bits per heavy atom. The summed E-state index contributed by atoms with van der Waals surface area (Å²) < 4.78 is 66.0. The lowest BCUT2D eigenvalue weighted by atomic mass is 10.0. The molecule has 0 fully saturated rings. The molecule has 0 aromatic carbocycles. The lowest BCUT2D eigenvalue weighted by Crippen LogP contribution is -2.30. The van der Waals surface area contributed by atoms with E-state index < -0.39 is 97.5 Å². The molecule has 0 aliphatic rings. The Kier molecular flexibility index (Phi) is 42.8. The van der Waals surface area contributed by atoms with Gasteiger partial charge in [0.2, 0.25) is 0 Å². The number of carbonyl (C=O) groups is 4. The van der Waals surface area contributed by atoms with Crippen LogP contribution in [0, 0.1) is 0 Å². The molecule has 0 heterocycles. The summed E-state index contributed by atoms with van der Waals surface area (Å²) in [5.74, 6) is -2.27. The molecule has 19 heteroatoms. The van der Waals surface area contributed by atoms with E-state index in [1.54, 1.807) is 0 Å². The molecule has 5 atom stereocenters. The van der Waals surface area contributed by atoms with E-state index in [0.29, 0.717) is 19.3 Å². The molecular formula is C48H92O17P2. The number of rotatable bonds is 49. The van der Waals surface area contributed by atoms with Crippen LogP contribution in [0.2, 0.25) is 0 Å². The minimum absolute atomic E-state index is 0.0154. The summed E-state index contributed by atoms with van der Waals surface area (Å²) in [6, 6.07) is 0. The van der Waals surface area contributed by atoms with Gasteiger partial charge in [0.15, 0.2) is 12.2 Å². The Morgan fingerprint density at radius 1 is 0.373 bits per heavy atom. The van der Waals surface area contributed by atoms with Gasteiger partial charge < -0.3 is 33.8 Å². The quantitative estimate of drug-likeness (QED) is 0.0222. The SMILES string of the molecule is CCCCCCCCCCCCCCCCCC(=O)OC[C@H](COP(=O)(O)OC[C@H](O)COP(=O)(O)OC[C@@H](COC(=O)CCCCCCCCC)OC(=O)CC)OC(=O)CCCCCCC. The summed E-state index contributed by atoms with van der Waals surface area (Å²) >= 11 is 0. The van der Waals surface area contributed by atoms with Crippen LogP contribution in [-0.4, -0.2) is 96.7 Å². The third-order valence-corrected chi connectivity index (χ3v) is 12.8. The first-order valence-corrected chi connectivity index (χ1v) is 28.8. The third-order valence-electron chi connectivity index (χ3n) is 10.9. The molecule has 0 aliphatic carbocycles. The molecule has 396 valence electrons. The van der Waals surface area contributed by atoms with Crippen molar-refractivity contribution in [3.05, 3.63) is 0 Å². The molecule has 0 bridgehead atoms. The Hall–Kier alpha value is -1.94.